The van der Waals surface area contributed by atoms with Crippen molar-refractivity contribution in [1.82, 2.24) is 0 Å². The zero-order chi connectivity index (χ0) is 19.3. The van der Waals surface area contributed by atoms with Crippen LogP contribution in [0.25, 0.3) is 0 Å². The Hall–Kier alpha value is -1.83. The highest BCUT2D eigenvalue weighted by atomic mass is 35.7. The van der Waals surface area contributed by atoms with Crippen LogP contribution in [0.15, 0.2) is 41.3 Å². The molecule has 0 spiro atoms. The van der Waals surface area contributed by atoms with Crippen molar-refractivity contribution >= 4 is 48.6 Å². The van der Waals surface area contributed by atoms with Crippen LogP contribution in [0.2, 0.25) is 5.02 Å². The summed E-state index contributed by atoms with van der Waals surface area (Å²) >= 11 is 6.07. The molecule has 0 saturated carbocycles. The molecule has 0 aromatic heterocycles. The number of hydrogen-bond acceptors (Lipinski definition) is 4. The molecule has 1 unspecified atom stereocenters. The van der Waals surface area contributed by atoms with Crippen LogP contribution >= 0.6 is 22.3 Å². The first-order valence-electron chi connectivity index (χ1n) is 8.37. The third-order valence-corrected chi connectivity index (χ3v) is 6.85. The highest BCUT2D eigenvalue weighted by Gasteiger charge is 2.39. The maximum absolute atomic E-state index is 13.7. The molecule has 2 aromatic carbocycles. The lowest BCUT2D eigenvalue weighted by molar-refractivity contribution is -0.118. The van der Waals surface area contributed by atoms with Crippen LogP contribution in [0.5, 0.6) is 0 Å². The summed E-state index contributed by atoms with van der Waals surface area (Å²) in [7, 11) is 1.52. The number of benzene rings is 2. The van der Waals surface area contributed by atoms with Crippen molar-refractivity contribution in [2.45, 2.75) is 23.8 Å². The van der Waals surface area contributed by atoms with Crippen LogP contribution in [0.4, 0.5) is 15.8 Å². The molecular weight excluding hydrogens is 414 g/mol. The first-order valence-corrected chi connectivity index (χ1v) is 11.1. The number of fused-ring (bicyclic) bond motifs is 1. The van der Waals surface area contributed by atoms with Gasteiger partial charge in [0.2, 0.25) is 5.91 Å². The summed E-state index contributed by atoms with van der Waals surface area (Å²) in [5, 5.41) is 0.121. The lowest BCUT2D eigenvalue weighted by Crippen LogP contribution is -2.41. The molecule has 2 aromatic rings. The monoisotopic (exact) mass is 428 g/mol. The maximum atomic E-state index is 13.7. The van der Waals surface area contributed by atoms with Gasteiger partial charge in [0.15, 0.2) is 0 Å². The number of carbonyl (C=O) groups excluding carboxylic acids is 1. The SMILES string of the molecule is O=C1C(N2CCc3c2ccc(F)c3Cl)CCN1c1ccc(S(=O)(=O)Cl)cc1. The standard InChI is InChI=1S/C18H15Cl2FN2O3S/c19-17-13-7-9-23(15(13)6-5-14(17)21)16-8-10-22(18(16)24)11-1-3-12(4-2-11)27(20,25)26/h1-6,16H,7-10H2. The summed E-state index contributed by atoms with van der Waals surface area (Å²) in [5.74, 6) is -0.532. The van der Waals surface area contributed by atoms with Gasteiger partial charge in [0, 0.05) is 35.1 Å². The molecule has 0 bridgehead atoms. The second-order valence-electron chi connectivity index (χ2n) is 6.53. The predicted octanol–water partition coefficient (Wildman–Crippen LogP) is 3.57. The molecule has 1 amide bonds. The van der Waals surface area contributed by atoms with Gasteiger partial charge in [-0.3, -0.25) is 4.79 Å². The largest absolute Gasteiger partial charge is 0.359 e. The summed E-state index contributed by atoms with van der Waals surface area (Å²) in [5.41, 5.74) is 2.15. The second-order valence-corrected chi connectivity index (χ2v) is 9.47. The Morgan fingerprint density at radius 2 is 1.78 bits per heavy atom. The maximum Gasteiger partial charge on any atom is 0.261 e. The highest BCUT2D eigenvalue weighted by molar-refractivity contribution is 8.13. The van der Waals surface area contributed by atoms with Crippen LogP contribution in [-0.2, 0) is 20.3 Å². The Morgan fingerprint density at radius 1 is 1.07 bits per heavy atom. The number of halogens is 3. The fourth-order valence-corrected chi connectivity index (χ4v) is 4.79. The average Bonchev–Trinajstić information content (AvgIpc) is 3.21. The number of rotatable bonds is 3. The van der Waals surface area contributed by atoms with Crippen molar-refractivity contribution in [3.8, 4) is 0 Å². The van der Waals surface area contributed by atoms with Gasteiger partial charge >= 0.3 is 0 Å². The van der Waals surface area contributed by atoms with E-state index in [0.717, 1.165) is 11.3 Å². The van der Waals surface area contributed by atoms with Crippen molar-refractivity contribution in [1.29, 1.82) is 0 Å². The van der Waals surface area contributed by atoms with Crippen molar-refractivity contribution in [2.75, 3.05) is 22.9 Å². The Morgan fingerprint density at radius 3 is 2.44 bits per heavy atom. The van der Waals surface area contributed by atoms with E-state index in [4.69, 9.17) is 22.3 Å². The molecule has 9 heteroatoms. The zero-order valence-electron chi connectivity index (χ0n) is 14.0. The first-order chi connectivity index (χ1) is 12.8. The van der Waals surface area contributed by atoms with Crippen LogP contribution in [0.3, 0.4) is 0 Å². The van der Waals surface area contributed by atoms with E-state index in [0.29, 0.717) is 31.6 Å². The van der Waals surface area contributed by atoms with Gasteiger partial charge in [-0.05, 0) is 54.8 Å². The molecular formula is C18H15Cl2FN2O3S. The number of hydrogen-bond donors (Lipinski definition) is 0. The predicted molar refractivity (Wildman–Crippen MR) is 103 cm³/mol. The van der Waals surface area contributed by atoms with E-state index in [9.17, 15) is 17.6 Å². The molecule has 1 saturated heterocycles. The fraction of sp³-hybridized carbons (Fsp3) is 0.278. The minimum atomic E-state index is -3.80. The lowest BCUT2D eigenvalue weighted by Gasteiger charge is -2.26. The van der Waals surface area contributed by atoms with Gasteiger partial charge in [-0.25, -0.2) is 12.8 Å². The second kappa shape index (κ2) is 6.65. The molecule has 5 nitrogen and oxygen atoms in total. The van der Waals surface area contributed by atoms with Crippen LogP contribution in [-0.4, -0.2) is 33.5 Å². The number of carbonyl (C=O) groups is 1. The van der Waals surface area contributed by atoms with Gasteiger partial charge in [-0.15, -0.1) is 0 Å². The lowest BCUT2D eigenvalue weighted by atomic mass is 10.1. The molecule has 2 aliphatic rings. The van der Waals surface area contributed by atoms with Gasteiger partial charge in [-0.2, -0.15) is 0 Å². The van der Waals surface area contributed by atoms with E-state index >= 15 is 0 Å². The Balaban J connectivity index is 1.58. The molecule has 1 atom stereocenters. The fourth-order valence-electron chi connectivity index (χ4n) is 3.76. The van der Waals surface area contributed by atoms with Gasteiger partial charge < -0.3 is 9.80 Å². The summed E-state index contributed by atoms with van der Waals surface area (Å²) in [4.78, 5) is 16.6. The Labute approximate surface area is 165 Å². The summed E-state index contributed by atoms with van der Waals surface area (Å²) in [6, 6.07) is 8.53. The van der Waals surface area contributed by atoms with Gasteiger partial charge in [-0.1, -0.05) is 11.6 Å². The van der Waals surface area contributed by atoms with Gasteiger partial charge in [0.1, 0.15) is 11.9 Å². The molecule has 2 heterocycles. The van der Waals surface area contributed by atoms with E-state index in [1.807, 2.05) is 4.90 Å². The number of nitrogens with zero attached hydrogens (tertiary/aromatic N) is 2. The van der Waals surface area contributed by atoms with Crippen molar-refractivity contribution < 1.29 is 17.6 Å². The van der Waals surface area contributed by atoms with E-state index in [-0.39, 0.29) is 21.9 Å². The van der Waals surface area contributed by atoms with Crippen molar-refractivity contribution in [3.63, 3.8) is 0 Å². The Bertz CT molecular complexity index is 1030. The van der Waals surface area contributed by atoms with Crippen molar-refractivity contribution in [2.24, 2.45) is 0 Å². The number of amides is 1. The normalized spacial score (nSPS) is 19.7. The van der Waals surface area contributed by atoms with Crippen LogP contribution in [0, 0.1) is 5.82 Å². The molecule has 0 aliphatic carbocycles. The summed E-state index contributed by atoms with van der Waals surface area (Å²) < 4.78 is 36.4. The highest BCUT2D eigenvalue weighted by Crippen LogP contribution is 2.38. The average molecular weight is 429 g/mol. The third-order valence-electron chi connectivity index (χ3n) is 5.07. The van der Waals surface area contributed by atoms with Crippen LogP contribution < -0.4 is 9.80 Å². The van der Waals surface area contributed by atoms with Crippen LogP contribution in [0.1, 0.15) is 12.0 Å². The minimum Gasteiger partial charge on any atom is -0.359 e. The molecule has 1 fully saturated rings. The van der Waals surface area contributed by atoms with E-state index in [1.54, 1.807) is 23.1 Å². The zero-order valence-corrected chi connectivity index (χ0v) is 16.4. The summed E-state index contributed by atoms with van der Waals surface area (Å²) in [6.07, 6.45) is 1.21. The minimum absolute atomic E-state index is 0.0127. The molecule has 4 rings (SSSR count). The molecule has 142 valence electrons. The van der Waals surface area contributed by atoms with Gasteiger partial charge in [0.05, 0.1) is 9.92 Å². The third kappa shape index (κ3) is 3.17. The molecule has 0 radical (unpaired) electrons. The van der Waals surface area contributed by atoms with Gasteiger partial charge in [0.25, 0.3) is 9.05 Å². The topological polar surface area (TPSA) is 57.7 Å². The van der Waals surface area contributed by atoms with E-state index in [1.165, 1.54) is 18.2 Å². The number of anilines is 2. The smallest absolute Gasteiger partial charge is 0.261 e. The molecule has 27 heavy (non-hydrogen) atoms. The molecule has 2 aliphatic heterocycles. The van der Waals surface area contributed by atoms with Crippen molar-refractivity contribution in [3.05, 3.63) is 52.8 Å². The quantitative estimate of drug-likeness (QED) is 0.701. The first kappa shape index (κ1) is 18.5. The summed E-state index contributed by atoms with van der Waals surface area (Å²) in [6.45, 7) is 1.11. The van der Waals surface area contributed by atoms with E-state index < -0.39 is 14.9 Å². The Kier molecular flexibility index (Phi) is 4.56. The molecule has 0 N–H and O–H groups in total. The van der Waals surface area contributed by atoms with E-state index in [2.05, 4.69) is 0 Å².